The Morgan fingerprint density at radius 1 is 1.00 bits per heavy atom. The van der Waals surface area contributed by atoms with E-state index in [0.29, 0.717) is 17.8 Å². The predicted molar refractivity (Wildman–Crippen MR) is 133 cm³/mol. The van der Waals surface area contributed by atoms with E-state index < -0.39 is 38.3 Å². The van der Waals surface area contributed by atoms with Crippen molar-refractivity contribution in [2.24, 2.45) is 0 Å². The van der Waals surface area contributed by atoms with Gasteiger partial charge in [0.15, 0.2) is 0 Å². The van der Waals surface area contributed by atoms with E-state index in [2.05, 4.69) is 0 Å². The van der Waals surface area contributed by atoms with Crippen molar-refractivity contribution in [3.63, 3.8) is 0 Å². The highest BCUT2D eigenvalue weighted by Crippen LogP contribution is 2.50. The molecule has 0 saturated heterocycles. The van der Waals surface area contributed by atoms with Gasteiger partial charge in [-0.3, -0.25) is 0 Å². The molecule has 0 unspecified atom stereocenters. The molecule has 13 heteroatoms. The van der Waals surface area contributed by atoms with Crippen molar-refractivity contribution in [2.45, 2.75) is 49.5 Å². The molecule has 1 aromatic heterocycles. The van der Waals surface area contributed by atoms with Crippen LogP contribution in [0.1, 0.15) is 42.3 Å². The molecule has 0 radical (unpaired) electrons. The zero-order valence-corrected chi connectivity index (χ0v) is 22.1. The number of alkyl halides is 6. The van der Waals surface area contributed by atoms with E-state index in [0.717, 1.165) is 18.2 Å². The third-order valence-corrected chi connectivity index (χ3v) is 8.14. The SMILES string of the molecule is Cc1c(/C=C(\C#N)S(=O)(=O)c2ccccc2)c(Cl)c(C(C)C)n1-c1ccc(C(O)(C(F)(F)F)C(F)(F)F)cc1. The van der Waals surface area contributed by atoms with Crippen molar-refractivity contribution in [2.75, 3.05) is 0 Å². The number of nitrogens with zero attached hydrogens (tertiary/aromatic N) is 2. The number of benzene rings is 2. The fourth-order valence-electron chi connectivity index (χ4n) is 4.08. The second-order valence-electron chi connectivity index (χ2n) is 8.88. The lowest BCUT2D eigenvalue weighted by atomic mass is 9.92. The summed E-state index contributed by atoms with van der Waals surface area (Å²) in [5.41, 5.74) is -5.67. The highest BCUT2D eigenvalue weighted by molar-refractivity contribution is 7.95. The molecule has 1 heterocycles. The first-order valence-electron chi connectivity index (χ1n) is 11.2. The Labute approximate surface area is 225 Å². The topological polar surface area (TPSA) is 83.1 Å². The van der Waals surface area contributed by atoms with Crippen molar-refractivity contribution in [1.82, 2.24) is 4.57 Å². The number of hydrogen-bond donors (Lipinski definition) is 1. The number of aromatic nitrogens is 1. The Bertz CT molecular complexity index is 1540. The van der Waals surface area contributed by atoms with Crippen LogP contribution >= 0.6 is 11.6 Å². The van der Waals surface area contributed by atoms with Gasteiger partial charge in [-0.05, 0) is 43.2 Å². The summed E-state index contributed by atoms with van der Waals surface area (Å²) >= 11 is 6.59. The summed E-state index contributed by atoms with van der Waals surface area (Å²) in [5.74, 6) is -0.350. The zero-order chi connectivity index (χ0) is 29.6. The van der Waals surface area contributed by atoms with Crippen LogP contribution in [0.5, 0.6) is 0 Å². The fraction of sp³-hybridized carbons (Fsp3) is 0.269. The molecule has 0 aliphatic rings. The molecule has 39 heavy (non-hydrogen) atoms. The minimum absolute atomic E-state index is 0.0460. The quantitative estimate of drug-likeness (QED) is 0.243. The van der Waals surface area contributed by atoms with E-state index >= 15 is 0 Å². The van der Waals surface area contributed by atoms with E-state index in [9.17, 15) is 45.1 Å². The van der Waals surface area contributed by atoms with Crippen LogP contribution in [0, 0.1) is 18.3 Å². The molecule has 5 nitrogen and oxygen atoms in total. The number of aliphatic hydroxyl groups is 1. The Kier molecular flexibility index (Phi) is 8.05. The summed E-state index contributed by atoms with van der Waals surface area (Å²) in [6.45, 7) is 4.94. The van der Waals surface area contributed by atoms with Crippen molar-refractivity contribution in [3.8, 4) is 11.8 Å². The van der Waals surface area contributed by atoms with Crippen LogP contribution in [-0.4, -0.2) is 30.4 Å². The van der Waals surface area contributed by atoms with Crippen LogP contribution in [0.25, 0.3) is 11.8 Å². The number of sulfone groups is 1. The monoisotopic (exact) mass is 590 g/mol. The summed E-state index contributed by atoms with van der Waals surface area (Å²) < 4.78 is 107. The Morgan fingerprint density at radius 3 is 1.95 bits per heavy atom. The van der Waals surface area contributed by atoms with Gasteiger partial charge in [0.05, 0.1) is 9.92 Å². The maximum absolute atomic E-state index is 13.3. The highest BCUT2D eigenvalue weighted by atomic mass is 35.5. The van der Waals surface area contributed by atoms with Crippen molar-refractivity contribution in [1.29, 1.82) is 5.26 Å². The number of halogens is 7. The third kappa shape index (κ3) is 5.18. The largest absolute Gasteiger partial charge is 0.430 e. The summed E-state index contributed by atoms with van der Waals surface area (Å²) in [6, 6.07) is 11.7. The lowest BCUT2D eigenvalue weighted by Gasteiger charge is -2.32. The van der Waals surface area contributed by atoms with Gasteiger partial charge in [-0.15, -0.1) is 0 Å². The summed E-state index contributed by atoms with van der Waals surface area (Å²) in [7, 11) is -4.23. The molecule has 3 rings (SSSR count). The second-order valence-corrected chi connectivity index (χ2v) is 11.2. The molecule has 0 aliphatic heterocycles. The molecule has 1 N–H and O–H groups in total. The fourth-order valence-corrected chi connectivity index (χ4v) is 5.73. The van der Waals surface area contributed by atoms with E-state index in [1.165, 1.54) is 35.8 Å². The standard InChI is InChI=1S/C26H21ClF6N2O3S/c1-15(2)23-22(27)21(13-20(14-34)39(37,38)19-7-5-4-6-8-19)16(3)35(23)18-11-9-17(10-12-18)24(36,25(28,29)30)26(31,32)33/h4-13,15,36H,1-3H3/b20-13+. The number of allylic oxidation sites excluding steroid dienone is 1. The lowest BCUT2D eigenvalue weighted by Crippen LogP contribution is -2.53. The van der Waals surface area contributed by atoms with Gasteiger partial charge in [-0.25, -0.2) is 8.42 Å². The average molecular weight is 591 g/mol. The van der Waals surface area contributed by atoms with Gasteiger partial charge >= 0.3 is 12.4 Å². The lowest BCUT2D eigenvalue weighted by molar-refractivity contribution is -0.376. The molecule has 0 fully saturated rings. The molecule has 0 atom stereocenters. The number of hydrogen-bond acceptors (Lipinski definition) is 4. The Balaban J connectivity index is 2.23. The average Bonchev–Trinajstić information content (AvgIpc) is 3.10. The molecule has 208 valence electrons. The van der Waals surface area contributed by atoms with Gasteiger partial charge in [-0.2, -0.15) is 31.6 Å². The maximum atomic E-state index is 13.3. The van der Waals surface area contributed by atoms with Crippen LogP contribution in [0.2, 0.25) is 5.02 Å². The zero-order valence-electron chi connectivity index (χ0n) is 20.6. The molecule has 0 aliphatic carbocycles. The van der Waals surface area contributed by atoms with Crippen molar-refractivity contribution in [3.05, 3.63) is 87.0 Å². The number of nitriles is 1. The number of rotatable bonds is 6. The summed E-state index contributed by atoms with van der Waals surface area (Å²) in [5, 5.41) is 19.4. The summed E-state index contributed by atoms with van der Waals surface area (Å²) in [6.07, 6.45) is -11.0. The molecular formula is C26H21ClF6N2O3S. The normalized spacial score (nSPS) is 13.6. The first kappa shape index (κ1) is 30.3. The molecule has 0 amide bonds. The van der Waals surface area contributed by atoms with Gasteiger partial charge in [0.1, 0.15) is 11.0 Å². The molecule has 0 spiro atoms. The Morgan fingerprint density at radius 2 is 1.51 bits per heavy atom. The van der Waals surface area contributed by atoms with E-state index in [1.807, 2.05) is 0 Å². The Hall–Kier alpha value is -3.27. The first-order chi connectivity index (χ1) is 17.9. The first-order valence-corrected chi connectivity index (χ1v) is 13.0. The molecule has 0 saturated carbocycles. The maximum Gasteiger partial charge on any atom is 0.430 e. The van der Waals surface area contributed by atoms with Gasteiger partial charge in [0, 0.05) is 28.2 Å². The van der Waals surface area contributed by atoms with Gasteiger partial charge < -0.3 is 9.67 Å². The smallest absolute Gasteiger partial charge is 0.369 e. The van der Waals surface area contributed by atoms with Gasteiger partial charge in [-0.1, -0.05) is 55.8 Å². The molecular weight excluding hydrogens is 570 g/mol. The molecule has 0 bridgehead atoms. The van der Waals surface area contributed by atoms with E-state index in [-0.39, 0.29) is 32.8 Å². The minimum Gasteiger partial charge on any atom is -0.369 e. The minimum atomic E-state index is -6.04. The summed E-state index contributed by atoms with van der Waals surface area (Å²) in [4.78, 5) is -0.755. The van der Waals surface area contributed by atoms with Crippen molar-refractivity contribution < 1.29 is 39.9 Å². The van der Waals surface area contributed by atoms with Gasteiger partial charge in [0.25, 0.3) is 5.60 Å². The van der Waals surface area contributed by atoms with Gasteiger partial charge in [0.2, 0.25) is 9.84 Å². The molecule has 3 aromatic rings. The van der Waals surface area contributed by atoms with Crippen LogP contribution in [-0.2, 0) is 15.4 Å². The highest BCUT2D eigenvalue weighted by Gasteiger charge is 2.71. The second kappa shape index (κ2) is 10.4. The van der Waals surface area contributed by atoms with Crippen molar-refractivity contribution >= 4 is 27.5 Å². The van der Waals surface area contributed by atoms with Crippen LogP contribution < -0.4 is 0 Å². The van der Waals surface area contributed by atoms with E-state index in [1.54, 1.807) is 26.0 Å². The van der Waals surface area contributed by atoms with E-state index in [4.69, 9.17) is 11.6 Å². The van der Waals surface area contributed by atoms with Crippen LogP contribution in [0.4, 0.5) is 26.3 Å². The third-order valence-electron chi connectivity index (χ3n) is 6.07. The predicted octanol–water partition coefficient (Wildman–Crippen LogP) is 7.21. The molecule has 2 aromatic carbocycles. The van der Waals surface area contributed by atoms with Crippen LogP contribution in [0.15, 0.2) is 64.4 Å². The van der Waals surface area contributed by atoms with Crippen LogP contribution in [0.3, 0.4) is 0 Å².